The molecule has 4 rings (SSSR count). The van der Waals surface area contributed by atoms with Gasteiger partial charge in [0.15, 0.2) is 15.0 Å². The summed E-state index contributed by atoms with van der Waals surface area (Å²) in [6, 6.07) is 14.9. The van der Waals surface area contributed by atoms with Gasteiger partial charge in [0.25, 0.3) is 0 Å². The lowest BCUT2D eigenvalue weighted by molar-refractivity contribution is -0.117. The van der Waals surface area contributed by atoms with Crippen LogP contribution in [0.1, 0.15) is 39.0 Å². The summed E-state index contributed by atoms with van der Waals surface area (Å²) >= 11 is 1.41. The number of carbonyl (C=O) groups excluding carboxylic acids is 1. The largest absolute Gasteiger partial charge is 0.494 e. The van der Waals surface area contributed by atoms with E-state index >= 15 is 0 Å². The predicted octanol–water partition coefficient (Wildman–Crippen LogP) is 5.11. The lowest BCUT2D eigenvalue weighted by Crippen LogP contribution is -2.30. The molecule has 1 saturated carbocycles. The third-order valence-corrected chi connectivity index (χ3v) is 8.82. The van der Waals surface area contributed by atoms with Crippen molar-refractivity contribution in [2.45, 2.75) is 44.3 Å². The fourth-order valence-corrected chi connectivity index (χ4v) is 6.78. The van der Waals surface area contributed by atoms with E-state index in [0.29, 0.717) is 36.0 Å². The van der Waals surface area contributed by atoms with Crippen LogP contribution in [0.2, 0.25) is 0 Å². The number of anilines is 2. The minimum atomic E-state index is -3.28. The number of thiazole rings is 1. The number of benzene rings is 2. The monoisotopic (exact) mass is 458 g/mol. The molecule has 0 bridgehead atoms. The van der Waals surface area contributed by atoms with Crippen LogP contribution in [0.15, 0.2) is 48.5 Å². The van der Waals surface area contributed by atoms with Crippen molar-refractivity contribution in [3.05, 3.63) is 48.5 Å². The van der Waals surface area contributed by atoms with Crippen molar-refractivity contribution in [3.8, 4) is 5.75 Å². The first-order valence-corrected chi connectivity index (χ1v) is 13.1. The molecule has 0 unspecified atom stereocenters. The highest BCUT2D eigenvalue weighted by atomic mass is 32.2. The second-order valence-corrected chi connectivity index (χ2v) is 11.1. The van der Waals surface area contributed by atoms with Crippen molar-refractivity contribution in [3.63, 3.8) is 0 Å². The van der Waals surface area contributed by atoms with Gasteiger partial charge in [0, 0.05) is 6.42 Å². The Balaban J connectivity index is 1.62. The first kappa shape index (κ1) is 21.8. The van der Waals surface area contributed by atoms with E-state index in [1.807, 2.05) is 43.3 Å². The number of para-hydroxylation sites is 1. The van der Waals surface area contributed by atoms with Crippen LogP contribution >= 0.6 is 11.3 Å². The second-order valence-electron chi connectivity index (χ2n) is 7.64. The smallest absolute Gasteiger partial charge is 0.234 e. The molecule has 3 aromatic rings. The Morgan fingerprint density at radius 3 is 2.52 bits per heavy atom. The lowest BCUT2D eigenvalue weighted by Gasteiger charge is -2.21. The number of carbonyl (C=O) groups is 1. The third-order valence-electron chi connectivity index (χ3n) is 5.54. The normalized spacial score (nSPS) is 14.7. The summed E-state index contributed by atoms with van der Waals surface area (Å²) in [6.45, 7) is 2.47. The van der Waals surface area contributed by atoms with Gasteiger partial charge in [-0.05, 0) is 56.2 Å². The van der Waals surface area contributed by atoms with E-state index in [0.717, 1.165) is 23.1 Å². The van der Waals surface area contributed by atoms with Crippen molar-refractivity contribution in [1.29, 1.82) is 0 Å². The van der Waals surface area contributed by atoms with Gasteiger partial charge in [-0.25, -0.2) is 13.4 Å². The minimum absolute atomic E-state index is 0.0675. The molecule has 6 nitrogen and oxygen atoms in total. The third kappa shape index (κ3) is 4.91. The summed E-state index contributed by atoms with van der Waals surface area (Å²) in [5.74, 6) is 0.311. The van der Waals surface area contributed by atoms with Crippen molar-refractivity contribution < 1.29 is 17.9 Å². The number of sulfone groups is 1. The summed E-state index contributed by atoms with van der Waals surface area (Å²) < 4.78 is 31.9. The van der Waals surface area contributed by atoms with Crippen LogP contribution in [0.5, 0.6) is 5.75 Å². The van der Waals surface area contributed by atoms with E-state index in [1.165, 1.54) is 16.2 Å². The van der Waals surface area contributed by atoms with Gasteiger partial charge in [0.2, 0.25) is 5.91 Å². The van der Waals surface area contributed by atoms with Crippen LogP contribution in [0.4, 0.5) is 10.8 Å². The highest BCUT2D eigenvalue weighted by Crippen LogP contribution is 2.35. The fraction of sp³-hybridized carbons (Fsp3) is 0.391. The molecular formula is C23H26N2O4S2. The zero-order chi connectivity index (χ0) is 21.8. The van der Waals surface area contributed by atoms with Crippen LogP contribution < -0.4 is 9.64 Å². The zero-order valence-electron chi connectivity index (χ0n) is 17.5. The maximum atomic E-state index is 13.3. The van der Waals surface area contributed by atoms with E-state index in [9.17, 15) is 13.2 Å². The average molecular weight is 459 g/mol. The lowest BCUT2D eigenvalue weighted by atomic mass is 10.2. The second kappa shape index (κ2) is 9.36. The molecule has 1 amide bonds. The van der Waals surface area contributed by atoms with Gasteiger partial charge >= 0.3 is 0 Å². The maximum Gasteiger partial charge on any atom is 0.234 e. The Morgan fingerprint density at radius 2 is 1.84 bits per heavy atom. The quantitative estimate of drug-likeness (QED) is 0.469. The van der Waals surface area contributed by atoms with Crippen molar-refractivity contribution in [1.82, 2.24) is 4.98 Å². The van der Waals surface area contributed by atoms with E-state index in [4.69, 9.17) is 4.74 Å². The topological polar surface area (TPSA) is 76.6 Å². The molecule has 0 N–H and O–H groups in total. The Hall–Kier alpha value is -2.45. The summed E-state index contributed by atoms with van der Waals surface area (Å²) in [5.41, 5.74) is 1.45. The number of aromatic nitrogens is 1. The molecule has 1 aliphatic rings. The number of amides is 1. The predicted molar refractivity (Wildman–Crippen MR) is 125 cm³/mol. The molecule has 0 radical (unpaired) electrons. The summed E-state index contributed by atoms with van der Waals surface area (Å²) in [5, 5.41) is 0.232. The Morgan fingerprint density at radius 1 is 1.13 bits per heavy atom. The van der Waals surface area contributed by atoms with Crippen LogP contribution in [0.3, 0.4) is 0 Å². The Kier molecular flexibility index (Phi) is 6.57. The van der Waals surface area contributed by atoms with Gasteiger partial charge in [0.1, 0.15) is 5.75 Å². The van der Waals surface area contributed by atoms with Crippen LogP contribution in [-0.2, 0) is 14.6 Å². The standard InChI is InChI=1S/C23H26N2O4S2/c1-2-29-18-13-11-17(12-14-18)25(23-24-20-9-5-6-10-21(20)30-23)22(26)15-16-31(27,28)19-7-3-4-8-19/h5-6,9-14,19H,2-4,7-8,15-16H2,1H3. The van der Waals surface area contributed by atoms with Gasteiger partial charge in [-0.1, -0.05) is 36.3 Å². The number of hydrogen-bond donors (Lipinski definition) is 0. The Bertz CT molecular complexity index is 1120. The van der Waals surface area contributed by atoms with Crippen LogP contribution in [0, 0.1) is 0 Å². The van der Waals surface area contributed by atoms with E-state index < -0.39 is 9.84 Å². The molecular weight excluding hydrogens is 432 g/mol. The van der Waals surface area contributed by atoms with Gasteiger partial charge in [-0.3, -0.25) is 9.69 Å². The van der Waals surface area contributed by atoms with Crippen molar-refractivity contribution in [2.24, 2.45) is 0 Å². The molecule has 31 heavy (non-hydrogen) atoms. The minimum Gasteiger partial charge on any atom is -0.494 e. The molecule has 1 fully saturated rings. The molecule has 1 aliphatic carbocycles. The molecule has 1 aromatic heterocycles. The van der Waals surface area contributed by atoms with Gasteiger partial charge < -0.3 is 4.74 Å². The van der Waals surface area contributed by atoms with E-state index in [-0.39, 0.29) is 23.3 Å². The van der Waals surface area contributed by atoms with Crippen molar-refractivity contribution in [2.75, 3.05) is 17.3 Å². The first-order chi connectivity index (χ1) is 15.0. The summed E-state index contributed by atoms with van der Waals surface area (Å²) in [6.07, 6.45) is 3.24. The van der Waals surface area contributed by atoms with Crippen LogP contribution in [0.25, 0.3) is 10.2 Å². The Labute approximate surface area is 186 Å². The molecule has 0 spiro atoms. The maximum absolute atomic E-state index is 13.3. The SMILES string of the molecule is CCOc1ccc(N(C(=O)CCS(=O)(=O)C2CCCC2)c2nc3ccccc3s2)cc1. The first-order valence-electron chi connectivity index (χ1n) is 10.6. The van der Waals surface area contributed by atoms with Gasteiger partial charge in [0.05, 0.1) is 33.5 Å². The summed E-state index contributed by atoms with van der Waals surface area (Å²) in [7, 11) is -3.28. The van der Waals surface area contributed by atoms with E-state index in [2.05, 4.69) is 4.98 Å². The zero-order valence-corrected chi connectivity index (χ0v) is 19.1. The number of hydrogen-bond acceptors (Lipinski definition) is 6. The molecule has 8 heteroatoms. The van der Waals surface area contributed by atoms with Gasteiger partial charge in [-0.15, -0.1) is 0 Å². The molecule has 164 valence electrons. The van der Waals surface area contributed by atoms with Crippen molar-refractivity contribution >= 4 is 48.1 Å². The highest BCUT2D eigenvalue weighted by molar-refractivity contribution is 7.92. The van der Waals surface area contributed by atoms with Gasteiger partial charge in [-0.2, -0.15) is 0 Å². The molecule has 0 saturated heterocycles. The number of rotatable bonds is 8. The molecule has 2 aromatic carbocycles. The summed E-state index contributed by atoms with van der Waals surface area (Å²) in [4.78, 5) is 19.5. The number of nitrogens with zero attached hydrogens (tertiary/aromatic N) is 2. The highest BCUT2D eigenvalue weighted by Gasteiger charge is 2.30. The average Bonchev–Trinajstić information content (AvgIpc) is 3.44. The molecule has 0 aliphatic heterocycles. The number of fused-ring (bicyclic) bond motifs is 1. The fourth-order valence-electron chi connectivity index (χ4n) is 3.93. The molecule has 1 heterocycles. The molecule has 0 atom stereocenters. The van der Waals surface area contributed by atoms with E-state index in [1.54, 1.807) is 12.1 Å². The van der Waals surface area contributed by atoms with Crippen LogP contribution in [-0.4, -0.2) is 36.9 Å². The number of ether oxygens (including phenoxy) is 1.